The third-order valence-electron chi connectivity index (χ3n) is 1.19. The van der Waals surface area contributed by atoms with Crippen LogP contribution in [0.1, 0.15) is 18.7 Å². The van der Waals surface area contributed by atoms with Gasteiger partial charge in [-0.3, -0.25) is 0 Å². The van der Waals surface area contributed by atoms with Crippen LogP contribution in [0, 0.1) is 0 Å². The van der Waals surface area contributed by atoms with Gasteiger partial charge in [-0.05, 0) is 6.08 Å². The first-order valence-electron chi connectivity index (χ1n) is 2.93. The first-order chi connectivity index (χ1) is 4.88. The molecule has 0 fully saturated rings. The largest absolute Gasteiger partial charge is 0.244 e. The van der Waals surface area contributed by atoms with E-state index in [1.807, 2.05) is 0 Å². The molecule has 0 spiro atoms. The summed E-state index contributed by atoms with van der Waals surface area (Å²) in [5, 5.41) is 0. The lowest BCUT2D eigenvalue weighted by molar-refractivity contribution is 1.14. The molecule has 0 amide bonds. The molecule has 2 heteroatoms. The van der Waals surface area contributed by atoms with E-state index in [1.165, 1.54) is 6.33 Å². The van der Waals surface area contributed by atoms with Crippen molar-refractivity contribution in [2.24, 2.45) is 0 Å². The summed E-state index contributed by atoms with van der Waals surface area (Å²) < 4.78 is 0. The van der Waals surface area contributed by atoms with Crippen LogP contribution in [0.25, 0.3) is 12.2 Å². The number of rotatable bonds is 2. The lowest BCUT2D eigenvalue weighted by atomic mass is 10.2. The van der Waals surface area contributed by atoms with Crippen molar-refractivity contribution in [3.63, 3.8) is 0 Å². The Morgan fingerprint density at radius 3 is 2.45 bits per heavy atom. The van der Waals surface area contributed by atoms with Gasteiger partial charge in [-0.25, -0.2) is 9.97 Å². The second-order valence-electron chi connectivity index (χ2n) is 1.77. The van der Waals surface area contributed by atoms with Gasteiger partial charge in [-0.1, -0.05) is 26.7 Å². The topological polar surface area (TPSA) is 25.8 Å². The number of aromatic nitrogens is 2. The molecular weight excluding hydrogens is 136 g/mol. The molecule has 11 heavy (non-hydrogen) atoms. The Bertz CT molecular complexity index is 226. The Morgan fingerprint density at radius 1 is 1.27 bits per heavy atom. The van der Waals surface area contributed by atoms with Gasteiger partial charge in [0.15, 0.2) is 0 Å². The average molecular weight is 148 g/mol. The van der Waals surface area contributed by atoms with E-state index >= 15 is 0 Å². The summed E-state index contributed by atoms with van der Waals surface area (Å²) in [6, 6.07) is 0. The molecule has 1 aromatic rings. The second-order valence-corrected chi connectivity index (χ2v) is 1.77. The summed E-state index contributed by atoms with van der Waals surface area (Å²) in [6.07, 6.45) is 6.58. The number of nitrogens with zero attached hydrogens (tertiary/aromatic N) is 2. The minimum Gasteiger partial charge on any atom is -0.244 e. The molecule has 0 aliphatic rings. The van der Waals surface area contributed by atoms with E-state index in [0.29, 0.717) is 0 Å². The Labute approximate surface area is 67.3 Å². The average Bonchev–Trinajstić information content (AvgIpc) is 2.04. The summed E-state index contributed by atoms with van der Waals surface area (Å²) in [5.41, 5.74) is 1.74. The molecule has 0 atom stereocenters. The Kier molecular flexibility index (Phi) is 3.81. The van der Waals surface area contributed by atoms with Crippen molar-refractivity contribution in [3.8, 4) is 0 Å². The highest BCUT2D eigenvalue weighted by Gasteiger charge is 1.92. The Hall–Kier alpha value is -1.44. The molecule has 0 unspecified atom stereocenters. The van der Waals surface area contributed by atoms with Crippen molar-refractivity contribution in [2.45, 2.75) is 7.43 Å². The summed E-state index contributed by atoms with van der Waals surface area (Å²) in [7, 11) is 0. The van der Waals surface area contributed by atoms with Gasteiger partial charge in [0, 0.05) is 11.8 Å². The fourth-order valence-corrected chi connectivity index (χ4v) is 0.678. The van der Waals surface area contributed by atoms with Crippen LogP contribution in [0.15, 0.2) is 25.7 Å². The quantitative estimate of drug-likeness (QED) is 0.643. The van der Waals surface area contributed by atoms with Crippen LogP contribution >= 0.6 is 0 Å². The predicted molar refractivity (Wildman–Crippen MR) is 48.9 cm³/mol. The van der Waals surface area contributed by atoms with Crippen LogP contribution in [0.5, 0.6) is 0 Å². The molecule has 1 heterocycles. The first-order valence-corrected chi connectivity index (χ1v) is 2.93. The van der Waals surface area contributed by atoms with Crippen LogP contribution < -0.4 is 0 Å². The summed E-state index contributed by atoms with van der Waals surface area (Å²) in [6.45, 7) is 7.21. The lowest BCUT2D eigenvalue weighted by Gasteiger charge is -1.94. The molecule has 0 aromatic carbocycles. The highest BCUT2D eigenvalue weighted by Crippen LogP contribution is 2.04. The van der Waals surface area contributed by atoms with Crippen molar-refractivity contribution < 1.29 is 0 Å². The third-order valence-corrected chi connectivity index (χ3v) is 1.19. The minimum absolute atomic E-state index is 0. The monoisotopic (exact) mass is 148 g/mol. The van der Waals surface area contributed by atoms with Crippen molar-refractivity contribution in [2.75, 3.05) is 0 Å². The third kappa shape index (κ3) is 2.00. The molecule has 1 aromatic heterocycles. The summed E-state index contributed by atoms with van der Waals surface area (Å²) in [4.78, 5) is 7.80. The molecular formula is C9H12N2. The van der Waals surface area contributed by atoms with Gasteiger partial charge in [0.2, 0.25) is 0 Å². The molecule has 0 saturated carbocycles. The second kappa shape index (κ2) is 4.39. The smallest absolute Gasteiger partial charge is 0.116 e. The molecule has 0 aliphatic carbocycles. The van der Waals surface area contributed by atoms with E-state index in [1.54, 1.807) is 18.3 Å². The molecule has 58 valence electrons. The number of hydrogen-bond acceptors (Lipinski definition) is 2. The van der Waals surface area contributed by atoms with E-state index in [0.717, 1.165) is 11.3 Å². The summed E-state index contributed by atoms with van der Waals surface area (Å²) in [5.74, 6) is 0. The van der Waals surface area contributed by atoms with Crippen LogP contribution in [0.3, 0.4) is 0 Å². The van der Waals surface area contributed by atoms with Crippen molar-refractivity contribution in [1.29, 1.82) is 0 Å². The standard InChI is InChI=1S/C8H8N2.CH4/c1-3-7-5-9-6-10-8(7)4-2;/h3-6H,1-2H2;1H4. The Morgan fingerprint density at radius 2 is 2.00 bits per heavy atom. The van der Waals surface area contributed by atoms with Crippen LogP contribution in [0.4, 0.5) is 0 Å². The lowest BCUT2D eigenvalue weighted by Crippen LogP contribution is -1.86. The molecule has 0 radical (unpaired) electrons. The molecule has 0 bridgehead atoms. The summed E-state index contributed by atoms with van der Waals surface area (Å²) >= 11 is 0. The molecule has 0 saturated heterocycles. The predicted octanol–water partition coefficient (Wildman–Crippen LogP) is 2.40. The normalized spacial score (nSPS) is 8.00. The molecule has 0 N–H and O–H groups in total. The van der Waals surface area contributed by atoms with E-state index in [4.69, 9.17) is 0 Å². The highest BCUT2D eigenvalue weighted by molar-refractivity contribution is 5.58. The van der Waals surface area contributed by atoms with E-state index in [-0.39, 0.29) is 7.43 Å². The molecule has 0 aliphatic heterocycles. The highest BCUT2D eigenvalue weighted by atomic mass is 14.8. The van der Waals surface area contributed by atoms with E-state index in [9.17, 15) is 0 Å². The first kappa shape index (κ1) is 9.56. The number of hydrogen-bond donors (Lipinski definition) is 0. The van der Waals surface area contributed by atoms with Crippen LogP contribution in [-0.2, 0) is 0 Å². The van der Waals surface area contributed by atoms with Gasteiger partial charge in [-0.15, -0.1) is 0 Å². The van der Waals surface area contributed by atoms with Gasteiger partial charge < -0.3 is 0 Å². The van der Waals surface area contributed by atoms with Gasteiger partial charge in [0.05, 0.1) is 5.69 Å². The van der Waals surface area contributed by atoms with Gasteiger partial charge in [0.1, 0.15) is 6.33 Å². The minimum atomic E-state index is 0. The van der Waals surface area contributed by atoms with Gasteiger partial charge >= 0.3 is 0 Å². The van der Waals surface area contributed by atoms with Crippen molar-refractivity contribution in [3.05, 3.63) is 36.9 Å². The molecule has 1 rings (SSSR count). The van der Waals surface area contributed by atoms with Crippen molar-refractivity contribution in [1.82, 2.24) is 9.97 Å². The van der Waals surface area contributed by atoms with E-state index in [2.05, 4.69) is 23.1 Å². The SMILES string of the molecule is C.C=Cc1cncnc1C=C. The van der Waals surface area contributed by atoms with E-state index < -0.39 is 0 Å². The zero-order valence-electron chi connectivity index (χ0n) is 5.62. The zero-order valence-corrected chi connectivity index (χ0v) is 5.62. The van der Waals surface area contributed by atoms with Gasteiger partial charge in [-0.2, -0.15) is 0 Å². The molecule has 2 nitrogen and oxygen atoms in total. The Balaban J connectivity index is 0.000001000. The fraction of sp³-hybridized carbons (Fsp3) is 0.111. The van der Waals surface area contributed by atoms with Gasteiger partial charge in [0.25, 0.3) is 0 Å². The van der Waals surface area contributed by atoms with Crippen molar-refractivity contribution >= 4 is 12.2 Å². The fourth-order valence-electron chi connectivity index (χ4n) is 0.678. The van der Waals surface area contributed by atoms with Crippen LogP contribution in [0.2, 0.25) is 0 Å². The van der Waals surface area contributed by atoms with Crippen LogP contribution in [-0.4, -0.2) is 9.97 Å². The zero-order chi connectivity index (χ0) is 7.40. The maximum atomic E-state index is 3.97. The maximum Gasteiger partial charge on any atom is 0.116 e. The maximum absolute atomic E-state index is 3.97.